The summed E-state index contributed by atoms with van der Waals surface area (Å²) in [7, 11) is 0. The lowest BCUT2D eigenvalue weighted by molar-refractivity contribution is -0.118. The zero-order valence-electron chi connectivity index (χ0n) is 11.7. The van der Waals surface area contributed by atoms with Crippen LogP contribution in [-0.4, -0.2) is 21.8 Å². The van der Waals surface area contributed by atoms with Crippen molar-refractivity contribution in [1.82, 2.24) is 9.66 Å². The molecule has 0 saturated carbocycles. The van der Waals surface area contributed by atoms with Gasteiger partial charge in [-0.05, 0) is 12.1 Å². The number of aromatic nitrogens is 2. The standard InChI is InChI=1S/C15H12N4O2S/c1-11(20)19(17-10-15-16-7-9-22-15)18-8-6-14(21)12-4-2-3-5-13(12)18/h2-10H,1H3. The molecule has 0 spiro atoms. The topological polar surface area (TPSA) is 67.6 Å². The van der Waals surface area contributed by atoms with E-state index in [0.29, 0.717) is 15.9 Å². The maximum Gasteiger partial charge on any atom is 0.259 e. The summed E-state index contributed by atoms with van der Waals surface area (Å²) in [6, 6.07) is 8.49. The first-order chi connectivity index (χ1) is 10.7. The van der Waals surface area contributed by atoms with Gasteiger partial charge in [-0.25, -0.2) is 9.66 Å². The van der Waals surface area contributed by atoms with E-state index in [-0.39, 0.29) is 11.3 Å². The molecule has 1 aromatic carbocycles. The number of benzene rings is 1. The van der Waals surface area contributed by atoms with E-state index in [1.54, 1.807) is 35.1 Å². The van der Waals surface area contributed by atoms with E-state index >= 15 is 0 Å². The predicted molar refractivity (Wildman–Crippen MR) is 86.8 cm³/mol. The summed E-state index contributed by atoms with van der Waals surface area (Å²) in [5.74, 6) is -0.276. The van der Waals surface area contributed by atoms with Gasteiger partial charge in [-0.1, -0.05) is 12.1 Å². The third kappa shape index (κ3) is 2.66. The van der Waals surface area contributed by atoms with E-state index in [2.05, 4.69) is 10.1 Å². The minimum absolute atomic E-state index is 0.0979. The van der Waals surface area contributed by atoms with Crippen molar-refractivity contribution in [3.8, 4) is 0 Å². The van der Waals surface area contributed by atoms with Crippen LogP contribution in [0.15, 0.2) is 58.0 Å². The lowest BCUT2D eigenvalue weighted by Crippen LogP contribution is -2.34. The summed E-state index contributed by atoms with van der Waals surface area (Å²) >= 11 is 1.42. The van der Waals surface area contributed by atoms with Crippen LogP contribution in [0.4, 0.5) is 0 Å². The van der Waals surface area contributed by atoms with Gasteiger partial charge in [0.15, 0.2) is 5.43 Å². The molecule has 0 atom stereocenters. The summed E-state index contributed by atoms with van der Waals surface area (Å²) in [6.45, 7) is 1.41. The fourth-order valence-electron chi connectivity index (χ4n) is 2.05. The molecular weight excluding hydrogens is 300 g/mol. The largest absolute Gasteiger partial charge is 0.289 e. The molecular formula is C15H12N4O2S. The van der Waals surface area contributed by atoms with Gasteiger partial charge in [0.1, 0.15) is 5.01 Å². The zero-order valence-corrected chi connectivity index (χ0v) is 12.5. The minimum Gasteiger partial charge on any atom is -0.289 e. The molecule has 1 amide bonds. The molecule has 0 saturated heterocycles. The fourth-order valence-corrected chi connectivity index (χ4v) is 2.54. The molecule has 0 fully saturated rings. The Hall–Kier alpha value is -2.80. The number of amides is 1. The first-order valence-corrected chi connectivity index (χ1v) is 7.39. The Morgan fingerprint density at radius 2 is 2.18 bits per heavy atom. The molecule has 6 nitrogen and oxygen atoms in total. The summed E-state index contributed by atoms with van der Waals surface area (Å²) in [6.07, 6.45) is 4.71. The lowest BCUT2D eigenvalue weighted by atomic mass is 10.2. The molecule has 0 N–H and O–H groups in total. The number of hydrogen-bond donors (Lipinski definition) is 0. The normalized spacial score (nSPS) is 11.1. The van der Waals surface area contributed by atoms with Gasteiger partial charge in [0.25, 0.3) is 5.91 Å². The first kappa shape index (κ1) is 14.2. The highest BCUT2D eigenvalue weighted by atomic mass is 32.1. The van der Waals surface area contributed by atoms with Crippen LogP contribution in [0.5, 0.6) is 0 Å². The molecule has 0 aliphatic carbocycles. The van der Waals surface area contributed by atoms with Crippen LogP contribution in [0.2, 0.25) is 0 Å². The number of rotatable bonds is 3. The molecule has 3 rings (SSSR count). The van der Waals surface area contributed by atoms with E-state index in [0.717, 1.165) is 0 Å². The minimum atomic E-state index is -0.276. The molecule has 0 radical (unpaired) electrons. The Morgan fingerprint density at radius 1 is 1.36 bits per heavy atom. The van der Waals surface area contributed by atoms with Crippen molar-refractivity contribution >= 4 is 34.4 Å². The molecule has 2 aromatic heterocycles. The number of fused-ring (bicyclic) bond motifs is 1. The van der Waals surface area contributed by atoms with Gasteiger partial charge < -0.3 is 0 Å². The molecule has 0 aliphatic rings. The summed E-state index contributed by atoms with van der Waals surface area (Å²) in [5.41, 5.74) is 0.515. The van der Waals surface area contributed by atoms with Gasteiger partial charge in [-0.15, -0.1) is 16.5 Å². The molecule has 0 aliphatic heterocycles. The van der Waals surface area contributed by atoms with Crippen molar-refractivity contribution in [3.63, 3.8) is 0 Å². The second-order valence-corrected chi connectivity index (χ2v) is 5.39. The van der Waals surface area contributed by atoms with E-state index in [1.165, 1.54) is 41.9 Å². The number of nitrogens with zero attached hydrogens (tertiary/aromatic N) is 4. The van der Waals surface area contributed by atoms with Crippen molar-refractivity contribution in [2.45, 2.75) is 6.92 Å². The van der Waals surface area contributed by atoms with E-state index in [4.69, 9.17) is 0 Å². The zero-order chi connectivity index (χ0) is 15.5. The number of carbonyl (C=O) groups excluding carboxylic acids is 1. The Bertz CT molecular complexity index is 899. The van der Waals surface area contributed by atoms with Gasteiger partial charge >= 0.3 is 0 Å². The summed E-state index contributed by atoms with van der Waals surface area (Å²) in [4.78, 5) is 27.9. The van der Waals surface area contributed by atoms with Gasteiger partial charge in [-0.2, -0.15) is 5.10 Å². The van der Waals surface area contributed by atoms with Gasteiger partial charge in [-0.3, -0.25) is 9.59 Å². The van der Waals surface area contributed by atoms with Crippen LogP contribution in [0.1, 0.15) is 11.9 Å². The van der Waals surface area contributed by atoms with Gasteiger partial charge in [0.2, 0.25) is 0 Å². The average Bonchev–Trinajstić information content (AvgIpc) is 3.03. The van der Waals surface area contributed by atoms with Crippen LogP contribution in [0.25, 0.3) is 10.9 Å². The van der Waals surface area contributed by atoms with Gasteiger partial charge in [0, 0.05) is 36.2 Å². The quantitative estimate of drug-likeness (QED) is 0.548. The predicted octanol–water partition coefficient (Wildman–Crippen LogP) is 1.98. The second-order valence-electron chi connectivity index (χ2n) is 4.47. The second kappa shape index (κ2) is 5.90. The number of hydrogen-bond acceptors (Lipinski definition) is 5. The smallest absolute Gasteiger partial charge is 0.259 e. The average molecular weight is 312 g/mol. The molecule has 7 heteroatoms. The molecule has 2 heterocycles. The Labute approximate surface area is 129 Å². The maximum absolute atomic E-state index is 11.9. The third-order valence-corrected chi connectivity index (χ3v) is 3.71. The Kier molecular flexibility index (Phi) is 3.80. The van der Waals surface area contributed by atoms with Crippen LogP contribution in [0.3, 0.4) is 0 Å². The number of hydrazone groups is 1. The van der Waals surface area contributed by atoms with Crippen LogP contribution in [0, 0.1) is 0 Å². The molecule has 0 bridgehead atoms. The molecule has 0 unspecified atom stereocenters. The summed E-state index contributed by atoms with van der Waals surface area (Å²) < 4.78 is 1.54. The van der Waals surface area contributed by atoms with Crippen molar-refractivity contribution in [1.29, 1.82) is 0 Å². The lowest BCUT2D eigenvalue weighted by Gasteiger charge is -2.19. The van der Waals surface area contributed by atoms with Crippen molar-refractivity contribution < 1.29 is 4.79 Å². The van der Waals surface area contributed by atoms with Crippen molar-refractivity contribution in [2.75, 3.05) is 5.12 Å². The molecule has 22 heavy (non-hydrogen) atoms. The van der Waals surface area contributed by atoms with Crippen molar-refractivity contribution in [2.24, 2.45) is 5.10 Å². The third-order valence-electron chi connectivity index (χ3n) is 3.00. The first-order valence-electron chi connectivity index (χ1n) is 6.51. The SMILES string of the molecule is CC(=O)N(N=Cc1nccs1)n1ccc(=O)c2ccccc21. The Balaban J connectivity index is 2.12. The Morgan fingerprint density at radius 3 is 2.91 bits per heavy atom. The summed E-state index contributed by atoms with van der Waals surface area (Å²) in [5, 5.41) is 8.43. The maximum atomic E-state index is 11.9. The van der Waals surface area contributed by atoms with Gasteiger partial charge in [0.05, 0.1) is 11.7 Å². The van der Waals surface area contributed by atoms with E-state index in [9.17, 15) is 9.59 Å². The molecule has 3 aromatic rings. The molecule has 110 valence electrons. The number of thiazole rings is 1. The highest BCUT2D eigenvalue weighted by molar-refractivity contribution is 7.11. The van der Waals surface area contributed by atoms with Crippen LogP contribution in [-0.2, 0) is 4.79 Å². The highest BCUT2D eigenvalue weighted by Gasteiger charge is 2.12. The highest BCUT2D eigenvalue weighted by Crippen LogP contribution is 2.11. The van der Waals surface area contributed by atoms with Crippen LogP contribution >= 0.6 is 11.3 Å². The monoisotopic (exact) mass is 312 g/mol. The number of pyridine rings is 1. The number of carbonyl (C=O) groups is 1. The number of para-hydroxylation sites is 1. The van der Waals surface area contributed by atoms with Crippen LogP contribution < -0.4 is 10.5 Å². The van der Waals surface area contributed by atoms with E-state index < -0.39 is 0 Å². The fraction of sp³-hybridized carbons (Fsp3) is 0.0667. The van der Waals surface area contributed by atoms with E-state index in [1.807, 2.05) is 5.38 Å². The van der Waals surface area contributed by atoms with Crippen molar-refractivity contribution in [3.05, 3.63) is 63.3 Å².